The Morgan fingerprint density at radius 3 is 2.44 bits per heavy atom. The molecule has 1 aromatic rings. The van der Waals surface area contributed by atoms with Crippen LogP contribution in [0.3, 0.4) is 0 Å². The molecular weight excluding hydrogens is 336 g/mol. The number of rotatable bonds is 4. The molecule has 0 aromatic heterocycles. The van der Waals surface area contributed by atoms with Gasteiger partial charge in [0.15, 0.2) is 0 Å². The average molecular weight is 369 g/mol. The fourth-order valence-electron chi connectivity index (χ4n) is 5.72. The zero-order valence-corrected chi connectivity index (χ0v) is 16.9. The normalized spacial score (nSPS) is 36.6. The highest BCUT2D eigenvalue weighted by molar-refractivity contribution is 5.89. The lowest BCUT2D eigenvalue weighted by atomic mass is 9.54. The number of ether oxygens (including phenoxy) is 1. The average Bonchev–Trinajstić information content (AvgIpc) is 2.69. The number of hydrogen-bond donors (Lipinski definition) is 0. The van der Waals surface area contributed by atoms with E-state index in [1.165, 1.54) is 11.9 Å². The van der Waals surface area contributed by atoms with Crippen LogP contribution in [-0.4, -0.2) is 18.4 Å². The molecule has 3 rings (SSSR count). The predicted octanol–water partition coefficient (Wildman–Crippen LogP) is 5.31. The van der Waals surface area contributed by atoms with Gasteiger partial charge in [-0.15, -0.1) is 0 Å². The van der Waals surface area contributed by atoms with E-state index in [4.69, 9.17) is 4.74 Å². The van der Waals surface area contributed by atoms with Gasteiger partial charge in [0.25, 0.3) is 0 Å². The van der Waals surface area contributed by atoms with Gasteiger partial charge in [0, 0.05) is 11.8 Å². The Kier molecular flexibility index (Phi) is 6.18. The molecule has 2 aliphatic rings. The van der Waals surface area contributed by atoms with E-state index in [0.29, 0.717) is 29.2 Å². The zero-order chi connectivity index (χ0) is 19.6. The maximum atomic E-state index is 12.6. The molecule has 1 unspecified atom stereocenters. The summed E-state index contributed by atoms with van der Waals surface area (Å²) in [5.41, 5.74) is 1.92. The van der Waals surface area contributed by atoms with Crippen molar-refractivity contribution in [1.29, 1.82) is 0 Å². The van der Waals surface area contributed by atoms with Gasteiger partial charge in [-0.3, -0.25) is 0 Å². The predicted molar refractivity (Wildman–Crippen MR) is 107 cm³/mol. The van der Waals surface area contributed by atoms with Gasteiger partial charge in [0.2, 0.25) is 0 Å². The Morgan fingerprint density at radius 1 is 1.11 bits per heavy atom. The quantitative estimate of drug-likeness (QED) is 0.411. The zero-order valence-electron chi connectivity index (χ0n) is 16.9. The van der Waals surface area contributed by atoms with Crippen LogP contribution in [0.1, 0.15) is 57.3 Å². The van der Waals surface area contributed by atoms with Crippen molar-refractivity contribution in [2.75, 3.05) is 0 Å². The molecule has 3 heteroatoms. The van der Waals surface area contributed by atoms with Gasteiger partial charge in [0.05, 0.1) is 5.56 Å². The first-order chi connectivity index (χ1) is 13.0. The third-order valence-corrected chi connectivity index (χ3v) is 7.06. The van der Waals surface area contributed by atoms with Crippen molar-refractivity contribution >= 4 is 12.3 Å². The van der Waals surface area contributed by atoms with E-state index >= 15 is 0 Å². The summed E-state index contributed by atoms with van der Waals surface area (Å²) in [7, 11) is 0. The second kappa shape index (κ2) is 8.41. The van der Waals surface area contributed by atoms with E-state index in [1.54, 1.807) is 12.1 Å². The van der Waals surface area contributed by atoms with Gasteiger partial charge in [0.1, 0.15) is 12.4 Å². The summed E-state index contributed by atoms with van der Waals surface area (Å²) in [6.45, 7) is 8.73. The summed E-state index contributed by atoms with van der Waals surface area (Å²) in [6, 6.07) is 9.22. The van der Waals surface area contributed by atoms with Gasteiger partial charge in [-0.05, 0) is 68.9 Å². The van der Waals surface area contributed by atoms with Crippen LogP contribution in [0.4, 0.5) is 0 Å². The summed E-state index contributed by atoms with van der Waals surface area (Å²) in [5, 5.41) is 0. The van der Waals surface area contributed by atoms with Crippen LogP contribution in [0.15, 0.2) is 42.0 Å². The second-order valence-corrected chi connectivity index (χ2v) is 8.59. The number of esters is 1. The van der Waals surface area contributed by atoms with Crippen LogP contribution in [0, 0.1) is 35.5 Å². The Balaban J connectivity index is 1.84. The lowest BCUT2D eigenvalue weighted by molar-refractivity contribution is -0.126. The van der Waals surface area contributed by atoms with Crippen LogP contribution in [0.2, 0.25) is 0 Å². The molecule has 0 aliphatic heterocycles. The fourth-order valence-corrected chi connectivity index (χ4v) is 5.72. The van der Waals surface area contributed by atoms with E-state index in [2.05, 4.69) is 33.8 Å². The molecule has 0 N–H and O–H groups in total. The van der Waals surface area contributed by atoms with Gasteiger partial charge >= 0.3 is 5.97 Å². The number of fused-ring (bicyclic) bond motifs is 1. The molecule has 0 heterocycles. The van der Waals surface area contributed by atoms with Crippen LogP contribution in [0.5, 0.6) is 0 Å². The van der Waals surface area contributed by atoms with E-state index in [9.17, 15) is 9.59 Å². The van der Waals surface area contributed by atoms with Crippen molar-refractivity contribution in [3.63, 3.8) is 0 Å². The van der Waals surface area contributed by atoms with Crippen molar-refractivity contribution in [2.45, 2.75) is 53.1 Å². The first-order valence-corrected chi connectivity index (χ1v) is 10.3. The van der Waals surface area contributed by atoms with E-state index in [0.717, 1.165) is 19.3 Å². The topological polar surface area (TPSA) is 43.4 Å². The molecule has 1 aromatic carbocycles. The molecule has 2 saturated carbocycles. The molecule has 3 nitrogen and oxygen atoms in total. The first-order valence-electron chi connectivity index (χ1n) is 10.3. The standard InChI is InChI=1S/C24H32O3/c1-5-15(2)22-17(4)13-19-21(12-11-16(3)23(19)20(22)14-25)27-24(26)18-9-7-6-8-10-18/h5-10,14,16-17,19-23H,11-13H2,1-4H3/b15-5-/t16-,17-,19-,20+,21-,22?,23+/m0/s1. The number of hydrogen-bond acceptors (Lipinski definition) is 3. The lowest BCUT2D eigenvalue weighted by Crippen LogP contribution is -2.51. The van der Waals surface area contributed by atoms with Gasteiger partial charge < -0.3 is 9.53 Å². The number of carbonyl (C=O) groups is 2. The van der Waals surface area contributed by atoms with Crippen molar-refractivity contribution < 1.29 is 14.3 Å². The monoisotopic (exact) mass is 368 g/mol. The molecule has 0 radical (unpaired) electrons. The van der Waals surface area contributed by atoms with Crippen LogP contribution >= 0.6 is 0 Å². The van der Waals surface area contributed by atoms with Gasteiger partial charge in [-0.1, -0.05) is 43.7 Å². The Morgan fingerprint density at radius 2 is 1.81 bits per heavy atom. The highest BCUT2D eigenvalue weighted by Crippen LogP contribution is 2.52. The Bertz CT molecular complexity index is 693. The molecule has 0 amide bonds. The molecule has 2 aliphatic carbocycles. The van der Waals surface area contributed by atoms with Crippen molar-refractivity contribution in [1.82, 2.24) is 0 Å². The van der Waals surface area contributed by atoms with Crippen LogP contribution in [0.25, 0.3) is 0 Å². The van der Waals surface area contributed by atoms with Crippen molar-refractivity contribution in [3.8, 4) is 0 Å². The molecule has 0 saturated heterocycles. The molecule has 146 valence electrons. The first kappa shape index (κ1) is 19.9. The molecule has 2 fully saturated rings. The largest absolute Gasteiger partial charge is 0.458 e. The molecule has 0 bridgehead atoms. The minimum atomic E-state index is -0.240. The number of benzene rings is 1. The summed E-state index contributed by atoms with van der Waals surface area (Å²) >= 11 is 0. The maximum Gasteiger partial charge on any atom is 0.338 e. The number of carbonyl (C=O) groups excluding carboxylic acids is 2. The van der Waals surface area contributed by atoms with E-state index in [1.807, 2.05) is 18.2 Å². The van der Waals surface area contributed by atoms with Crippen molar-refractivity contribution in [3.05, 3.63) is 47.5 Å². The lowest BCUT2D eigenvalue weighted by Gasteiger charge is -2.52. The fraction of sp³-hybridized carbons (Fsp3) is 0.583. The summed E-state index contributed by atoms with van der Waals surface area (Å²) in [4.78, 5) is 24.8. The van der Waals surface area contributed by atoms with E-state index in [-0.39, 0.29) is 23.9 Å². The highest BCUT2D eigenvalue weighted by atomic mass is 16.5. The van der Waals surface area contributed by atoms with Crippen LogP contribution < -0.4 is 0 Å². The highest BCUT2D eigenvalue weighted by Gasteiger charge is 2.50. The SMILES string of the molecule is C/C=C(/C)C1[C@@H](C=O)[C@H]2[C@@H](C[C@@H]1C)[C@@H](OC(=O)c1ccccc1)CC[C@@H]2C. The third kappa shape index (κ3) is 3.88. The van der Waals surface area contributed by atoms with Gasteiger partial charge in [-0.25, -0.2) is 4.79 Å². The Labute approximate surface area is 163 Å². The van der Waals surface area contributed by atoms with Crippen LogP contribution in [-0.2, 0) is 9.53 Å². The number of aldehydes is 1. The molecule has 27 heavy (non-hydrogen) atoms. The third-order valence-electron chi connectivity index (χ3n) is 7.06. The van der Waals surface area contributed by atoms with Gasteiger partial charge in [-0.2, -0.15) is 0 Å². The molecular formula is C24H32O3. The smallest absolute Gasteiger partial charge is 0.338 e. The van der Waals surface area contributed by atoms with Crippen molar-refractivity contribution in [2.24, 2.45) is 35.5 Å². The molecule has 0 spiro atoms. The minimum Gasteiger partial charge on any atom is -0.458 e. The Hall–Kier alpha value is -1.90. The summed E-state index contributed by atoms with van der Waals surface area (Å²) in [6.07, 6.45) is 6.17. The summed E-state index contributed by atoms with van der Waals surface area (Å²) < 4.78 is 5.99. The molecule has 7 atom stereocenters. The second-order valence-electron chi connectivity index (χ2n) is 8.59. The minimum absolute atomic E-state index is 0.0168. The maximum absolute atomic E-state index is 12.6. The van der Waals surface area contributed by atoms with E-state index < -0.39 is 0 Å². The summed E-state index contributed by atoms with van der Waals surface area (Å²) in [5.74, 6) is 1.55. The number of allylic oxidation sites excluding steroid dienone is 2.